The fourth-order valence-corrected chi connectivity index (χ4v) is 3.68. The van der Waals surface area contributed by atoms with Gasteiger partial charge in [-0.1, -0.05) is 5.92 Å². The zero-order valence-corrected chi connectivity index (χ0v) is 23.8. The average Bonchev–Trinajstić information content (AvgIpc) is 3.03. The molecule has 2 amide bonds. The normalized spacial score (nSPS) is 12.8. The van der Waals surface area contributed by atoms with Crippen molar-refractivity contribution < 1.29 is 38.4 Å². The highest BCUT2D eigenvalue weighted by Crippen LogP contribution is 2.15. The number of hydrogen-bond donors (Lipinski definition) is 3. The van der Waals surface area contributed by atoms with E-state index in [4.69, 9.17) is 25.7 Å². The van der Waals surface area contributed by atoms with E-state index in [2.05, 4.69) is 41.2 Å². The van der Waals surface area contributed by atoms with E-state index in [1.165, 1.54) is 12.4 Å². The molecule has 16 heteroatoms. The predicted molar refractivity (Wildman–Crippen MR) is 153 cm³/mol. The van der Waals surface area contributed by atoms with E-state index >= 15 is 0 Å². The lowest BCUT2D eigenvalue weighted by molar-refractivity contribution is -0.122. The molecule has 1 saturated heterocycles. The Balaban J connectivity index is 1.18. The van der Waals surface area contributed by atoms with Gasteiger partial charge in [0.2, 0.25) is 17.8 Å². The summed E-state index contributed by atoms with van der Waals surface area (Å²) in [5.74, 6) is 2.07. The van der Waals surface area contributed by atoms with Crippen molar-refractivity contribution in [2.24, 2.45) is 0 Å². The number of ether oxygens (including phenoxy) is 4. The first-order chi connectivity index (χ1) is 21.0. The minimum atomic E-state index is -1.06. The summed E-state index contributed by atoms with van der Waals surface area (Å²) in [6.45, 7) is 5.19. The van der Waals surface area contributed by atoms with Crippen LogP contribution >= 0.6 is 0 Å². The average molecular weight is 601 g/mol. The van der Waals surface area contributed by atoms with Gasteiger partial charge in [0, 0.05) is 76.0 Å². The Morgan fingerprint density at radius 1 is 0.814 bits per heavy atom. The maximum atomic E-state index is 12.1. The van der Waals surface area contributed by atoms with Gasteiger partial charge in [-0.3, -0.25) is 4.79 Å². The molecular weight excluding hydrogens is 564 g/mol. The number of nitrogens with zero attached hydrogens (tertiary/aromatic N) is 6. The van der Waals surface area contributed by atoms with Crippen molar-refractivity contribution in [3.63, 3.8) is 0 Å². The minimum Gasteiger partial charge on any atom is -0.478 e. The molecule has 16 nitrogen and oxygen atoms in total. The van der Waals surface area contributed by atoms with Crippen molar-refractivity contribution in [3.05, 3.63) is 35.9 Å². The van der Waals surface area contributed by atoms with Crippen LogP contribution in [0.3, 0.4) is 0 Å². The minimum absolute atomic E-state index is 0.0485. The highest BCUT2D eigenvalue weighted by atomic mass is 16.6. The first-order valence-corrected chi connectivity index (χ1v) is 13.7. The Morgan fingerprint density at radius 2 is 1.35 bits per heavy atom. The molecule has 1 fully saturated rings. The maximum absolute atomic E-state index is 12.1. The van der Waals surface area contributed by atoms with E-state index in [-0.39, 0.29) is 31.1 Å². The monoisotopic (exact) mass is 600 g/mol. The zero-order valence-electron chi connectivity index (χ0n) is 23.8. The topological polar surface area (TPSA) is 190 Å². The number of rotatable bonds is 18. The van der Waals surface area contributed by atoms with Crippen LogP contribution in [-0.4, -0.2) is 122 Å². The molecule has 0 aliphatic carbocycles. The molecule has 1 aliphatic heterocycles. The Kier molecular flexibility index (Phi) is 14.4. The first kappa shape index (κ1) is 32.9. The van der Waals surface area contributed by atoms with Gasteiger partial charge in [-0.25, -0.2) is 29.5 Å². The van der Waals surface area contributed by atoms with Gasteiger partial charge in [0.15, 0.2) is 6.61 Å². The third kappa shape index (κ3) is 12.4. The maximum Gasteiger partial charge on any atom is 0.408 e. The molecule has 0 spiro atoms. The second-order valence-electron chi connectivity index (χ2n) is 9.01. The van der Waals surface area contributed by atoms with E-state index in [0.717, 1.165) is 5.56 Å². The molecule has 3 rings (SSSR count). The van der Waals surface area contributed by atoms with Crippen molar-refractivity contribution >= 4 is 29.9 Å². The standard InChI is InChI=1S/C27H36N8O8/c1-2-9-43-27(39)28-4-11-41-13-15-42-14-12-40-10-3-23(36)29-16-21-17-30-25(31-18-21)34-5-7-35(8-6-34)26-32-19-22(20-33-26)24(37)38/h1,17-20H,3-16H2,(H,28,39)(H,29,36)(H,37,38). The van der Waals surface area contributed by atoms with E-state index in [0.29, 0.717) is 84.2 Å². The highest BCUT2D eigenvalue weighted by molar-refractivity contribution is 5.86. The quantitative estimate of drug-likeness (QED) is 0.149. The molecule has 232 valence electrons. The molecule has 0 bridgehead atoms. The molecule has 3 heterocycles. The number of carbonyl (C=O) groups is 3. The van der Waals surface area contributed by atoms with Gasteiger partial charge in [-0.2, -0.15) is 0 Å². The lowest BCUT2D eigenvalue weighted by Crippen LogP contribution is -2.47. The number of piperazine rings is 1. The zero-order chi connectivity index (χ0) is 30.7. The largest absolute Gasteiger partial charge is 0.478 e. The van der Waals surface area contributed by atoms with Gasteiger partial charge in [-0.15, -0.1) is 6.42 Å². The van der Waals surface area contributed by atoms with E-state index < -0.39 is 12.1 Å². The van der Waals surface area contributed by atoms with Crippen LogP contribution in [0.5, 0.6) is 0 Å². The molecule has 43 heavy (non-hydrogen) atoms. The van der Waals surface area contributed by atoms with Gasteiger partial charge < -0.3 is 44.5 Å². The third-order valence-electron chi connectivity index (χ3n) is 5.93. The number of hydrogen-bond acceptors (Lipinski definition) is 13. The summed E-state index contributed by atoms with van der Waals surface area (Å²) in [4.78, 5) is 55.4. The van der Waals surface area contributed by atoms with E-state index in [1.807, 2.05) is 9.80 Å². The number of aromatic carboxylic acids is 1. The second-order valence-corrected chi connectivity index (χ2v) is 9.01. The van der Waals surface area contributed by atoms with Crippen LogP contribution in [0.1, 0.15) is 22.3 Å². The second kappa shape index (κ2) is 18.8. The van der Waals surface area contributed by atoms with E-state index in [9.17, 15) is 14.4 Å². The van der Waals surface area contributed by atoms with Crippen LogP contribution < -0.4 is 20.4 Å². The molecule has 0 unspecified atom stereocenters. The Hall–Kier alpha value is -4.59. The van der Waals surface area contributed by atoms with Gasteiger partial charge in [-0.05, 0) is 0 Å². The molecule has 2 aromatic rings. The fourth-order valence-electron chi connectivity index (χ4n) is 3.68. The number of carbonyl (C=O) groups excluding carboxylic acids is 2. The SMILES string of the molecule is C#CCOC(=O)NCCOCCOCCOCCC(=O)NCc1cnc(N2CCN(c3ncc(C(=O)O)cn3)CC2)nc1. The molecule has 0 aromatic carbocycles. The number of carboxylic acids is 1. The fraction of sp³-hybridized carbons (Fsp3) is 0.519. The molecule has 0 atom stereocenters. The van der Waals surface area contributed by atoms with Crippen LogP contribution in [0.4, 0.5) is 16.7 Å². The third-order valence-corrected chi connectivity index (χ3v) is 5.93. The number of alkyl carbamates (subject to hydrolysis) is 1. The Labute approximate surface area is 249 Å². The lowest BCUT2D eigenvalue weighted by atomic mass is 10.3. The van der Waals surface area contributed by atoms with E-state index in [1.54, 1.807) is 12.4 Å². The van der Waals surface area contributed by atoms with Crippen molar-refractivity contribution in [2.45, 2.75) is 13.0 Å². The van der Waals surface area contributed by atoms with Gasteiger partial charge in [0.1, 0.15) is 0 Å². The van der Waals surface area contributed by atoms with Crippen molar-refractivity contribution in [1.82, 2.24) is 30.6 Å². The summed E-state index contributed by atoms with van der Waals surface area (Å²) < 4.78 is 20.8. The van der Waals surface area contributed by atoms with Crippen molar-refractivity contribution in [2.75, 3.05) is 88.8 Å². The first-order valence-electron chi connectivity index (χ1n) is 13.7. The summed E-state index contributed by atoms with van der Waals surface area (Å²) in [6.07, 6.45) is 10.6. The molecule has 1 aliphatic rings. The number of nitrogens with one attached hydrogen (secondary N) is 2. The van der Waals surface area contributed by atoms with Crippen molar-refractivity contribution in [1.29, 1.82) is 0 Å². The van der Waals surface area contributed by atoms with Gasteiger partial charge >= 0.3 is 12.1 Å². The molecule has 2 aromatic heterocycles. The number of aromatic nitrogens is 4. The summed E-state index contributed by atoms with van der Waals surface area (Å²) in [5.41, 5.74) is 0.825. The smallest absolute Gasteiger partial charge is 0.408 e. The van der Waals surface area contributed by atoms with Crippen LogP contribution in [0.25, 0.3) is 0 Å². The van der Waals surface area contributed by atoms with Crippen LogP contribution in [-0.2, 0) is 30.3 Å². The highest BCUT2D eigenvalue weighted by Gasteiger charge is 2.21. The summed E-state index contributed by atoms with van der Waals surface area (Å²) in [5, 5.41) is 14.3. The molecule has 0 saturated carbocycles. The Morgan fingerprint density at radius 3 is 1.91 bits per heavy atom. The van der Waals surface area contributed by atoms with Crippen LogP contribution in [0.15, 0.2) is 24.8 Å². The number of carboxylic acid groups (broad SMARTS) is 1. The van der Waals surface area contributed by atoms with Crippen LogP contribution in [0.2, 0.25) is 0 Å². The van der Waals surface area contributed by atoms with Crippen LogP contribution in [0, 0.1) is 12.3 Å². The summed E-state index contributed by atoms with van der Waals surface area (Å²) in [6, 6.07) is 0. The number of amides is 2. The van der Waals surface area contributed by atoms with Gasteiger partial charge in [0.25, 0.3) is 0 Å². The predicted octanol–water partition coefficient (Wildman–Crippen LogP) is -0.293. The molecular formula is C27H36N8O8. The number of terminal acetylenes is 1. The van der Waals surface area contributed by atoms with Gasteiger partial charge in [0.05, 0.1) is 45.2 Å². The summed E-state index contributed by atoms with van der Waals surface area (Å²) >= 11 is 0. The molecule has 0 radical (unpaired) electrons. The Bertz CT molecular complexity index is 1180. The number of anilines is 2. The lowest BCUT2D eigenvalue weighted by Gasteiger charge is -2.34. The van der Waals surface area contributed by atoms with Crippen molar-refractivity contribution in [3.8, 4) is 12.3 Å². The molecule has 3 N–H and O–H groups in total. The summed E-state index contributed by atoms with van der Waals surface area (Å²) in [7, 11) is 0.